The van der Waals surface area contributed by atoms with Gasteiger partial charge in [0.1, 0.15) is 0 Å². The molecule has 0 aromatic heterocycles. The van der Waals surface area contributed by atoms with Crippen LogP contribution in [-0.4, -0.2) is 74.0 Å². The summed E-state index contributed by atoms with van der Waals surface area (Å²) in [4.78, 5) is 4.59. The maximum absolute atomic E-state index is 10.4. The molecule has 94 valence electrons. The molecule has 2 aliphatic rings. The molecule has 16 heavy (non-hydrogen) atoms. The van der Waals surface area contributed by atoms with Crippen LogP contribution in [0.25, 0.3) is 0 Å². The number of hydrogen-bond acceptors (Lipinski definition) is 4. The summed E-state index contributed by atoms with van der Waals surface area (Å²) in [6.07, 6.45) is 1.96. The van der Waals surface area contributed by atoms with Gasteiger partial charge in [-0.15, -0.1) is 0 Å². The molecule has 0 aromatic carbocycles. The topological polar surface area (TPSA) is 35.9 Å². The van der Waals surface area contributed by atoms with Crippen LogP contribution in [0, 0.1) is 5.92 Å². The zero-order chi connectivity index (χ0) is 11.5. The van der Waals surface area contributed by atoms with Gasteiger partial charge in [0.05, 0.1) is 12.7 Å². The maximum atomic E-state index is 10.4. The van der Waals surface area contributed by atoms with Gasteiger partial charge in [-0.05, 0) is 26.9 Å². The number of rotatable bonds is 2. The van der Waals surface area contributed by atoms with Crippen LogP contribution < -0.4 is 0 Å². The Kier molecular flexibility index (Phi) is 4.19. The number of aliphatic hydroxyl groups excluding tert-OH is 1. The number of hydrogen-bond donors (Lipinski definition) is 1. The lowest BCUT2D eigenvalue weighted by atomic mass is 9.89. The summed E-state index contributed by atoms with van der Waals surface area (Å²) < 4.78 is 5.46. The number of ether oxygens (including phenoxy) is 1. The van der Waals surface area contributed by atoms with Crippen molar-refractivity contribution in [1.82, 2.24) is 9.80 Å². The predicted molar refractivity (Wildman–Crippen MR) is 63.5 cm³/mol. The fourth-order valence-electron chi connectivity index (χ4n) is 2.76. The van der Waals surface area contributed by atoms with E-state index in [0.717, 1.165) is 45.7 Å². The maximum Gasteiger partial charge on any atom is 0.0757 e. The molecule has 0 spiro atoms. The molecule has 3 atom stereocenters. The average Bonchev–Trinajstić information content (AvgIpc) is 2.32. The van der Waals surface area contributed by atoms with Gasteiger partial charge < -0.3 is 14.7 Å². The number of aliphatic hydroxyl groups is 1. The average molecular weight is 228 g/mol. The van der Waals surface area contributed by atoms with E-state index in [1.807, 2.05) is 0 Å². The first-order chi connectivity index (χ1) is 7.68. The summed E-state index contributed by atoms with van der Waals surface area (Å²) in [5, 5.41) is 10.4. The van der Waals surface area contributed by atoms with Crippen LogP contribution in [-0.2, 0) is 4.74 Å². The molecule has 0 aromatic rings. The third-order valence-electron chi connectivity index (χ3n) is 3.97. The van der Waals surface area contributed by atoms with E-state index in [2.05, 4.69) is 23.9 Å². The molecule has 4 heteroatoms. The van der Waals surface area contributed by atoms with Crippen molar-refractivity contribution in [2.24, 2.45) is 5.92 Å². The second kappa shape index (κ2) is 5.45. The van der Waals surface area contributed by atoms with Gasteiger partial charge in [0.2, 0.25) is 0 Å². The van der Waals surface area contributed by atoms with Crippen LogP contribution in [0.5, 0.6) is 0 Å². The van der Waals surface area contributed by atoms with Crippen molar-refractivity contribution in [3.8, 4) is 0 Å². The minimum atomic E-state index is -0.243. The van der Waals surface area contributed by atoms with Gasteiger partial charge in [0, 0.05) is 38.2 Å². The lowest BCUT2D eigenvalue weighted by Gasteiger charge is -2.43. The molecule has 2 heterocycles. The first-order valence-corrected chi connectivity index (χ1v) is 6.33. The summed E-state index contributed by atoms with van der Waals surface area (Å²) in [5.41, 5.74) is 0. The van der Waals surface area contributed by atoms with Crippen molar-refractivity contribution in [3.63, 3.8) is 0 Å². The molecule has 2 rings (SSSR count). The van der Waals surface area contributed by atoms with Crippen molar-refractivity contribution < 1.29 is 9.84 Å². The highest BCUT2D eigenvalue weighted by molar-refractivity contribution is 4.88. The van der Waals surface area contributed by atoms with E-state index in [1.165, 1.54) is 0 Å². The van der Waals surface area contributed by atoms with Crippen LogP contribution in [0.4, 0.5) is 0 Å². The minimum Gasteiger partial charge on any atom is -0.391 e. The quantitative estimate of drug-likeness (QED) is 0.723. The van der Waals surface area contributed by atoms with Crippen LogP contribution in [0.3, 0.4) is 0 Å². The second-order valence-electron chi connectivity index (χ2n) is 5.28. The fraction of sp³-hybridized carbons (Fsp3) is 1.00. The minimum absolute atomic E-state index is 0.243. The Morgan fingerprint density at radius 3 is 2.81 bits per heavy atom. The first-order valence-electron chi connectivity index (χ1n) is 6.33. The molecule has 1 N–H and O–H groups in total. The summed E-state index contributed by atoms with van der Waals surface area (Å²) in [5.74, 6) is 0.327. The van der Waals surface area contributed by atoms with Gasteiger partial charge in [-0.2, -0.15) is 0 Å². The van der Waals surface area contributed by atoms with Crippen molar-refractivity contribution in [2.45, 2.75) is 25.0 Å². The number of piperazine rings is 1. The molecule has 0 saturated carbocycles. The highest BCUT2D eigenvalue weighted by Crippen LogP contribution is 2.23. The predicted octanol–water partition coefficient (Wildman–Crippen LogP) is 0.0197. The first kappa shape index (κ1) is 12.3. The Morgan fingerprint density at radius 1 is 1.31 bits per heavy atom. The van der Waals surface area contributed by atoms with Crippen LogP contribution >= 0.6 is 0 Å². The highest BCUT2D eigenvalue weighted by Gasteiger charge is 2.34. The van der Waals surface area contributed by atoms with E-state index < -0.39 is 0 Å². The van der Waals surface area contributed by atoms with E-state index in [1.54, 1.807) is 0 Å². The Hall–Kier alpha value is -0.160. The summed E-state index contributed by atoms with van der Waals surface area (Å²) in [6.45, 7) is 4.71. The van der Waals surface area contributed by atoms with Gasteiger partial charge in [-0.25, -0.2) is 0 Å². The van der Waals surface area contributed by atoms with Crippen molar-refractivity contribution >= 4 is 0 Å². The molecule has 0 amide bonds. The summed E-state index contributed by atoms with van der Waals surface area (Å²) in [6, 6.07) is 0.269. The van der Waals surface area contributed by atoms with Gasteiger partial charge >= 0.3 is 0 Å². The van der Waals surface area contributed by atoms with Crippen LogP contribution in [0.15, 0.2) is 0 Å². The molecule has 3 unspecified atom stereocenters. The van der Waals surface area contributed by atoms with E-state index in [4.69, 9.17) is 4.74 Å². The monoisotopic (exact) mass is 228 g/mol. The molecule has 0 bridgehead atoms. The van der Waals surface area contributed by atoms with Crippen molar-refractivity contribution in [1.29, 1.82) is 0 Å². The smallest absolute Gasteiger partial charge is 0.0757 e. The van der Waals surface area contributed by atoms with Gasteiger partial charge in [-0.1, -0.05) is 0 Å². The number of nitrogens with zero attached hydrogens (tertiary/aromatic N) is 2. The molecular formula is C12H24N2O2. The molecule has 4 nitrogen and oxygen atoms in total. The normalized spacial score (nSPS) is 36.2. The molecular weight excluding hydrogens is 204 g/mol. The van der Waals surface area contributed by atoms with Gasteiger partial charge in [0.25, 0.3) is 0 Å². The Morgan fingerprint density at radius 2 is 2.12 bits per heavy atom. The zero-order valence-corrected chi connectivity index (χ0v) is 10.4. The molecule has 0 aliphatic carbocycles. The SMILES string of the molecule is CN1CCN(C)C(C(O)C2CCCOC2)C1. The van der Waals surface area contributed by atoms with Crippen LogP contribution in [0.2, 0.25) is 0 Å². The van der Waals surface area contributed by atoms with Crippen molar-refractivity contribution in [2.75, 3.05) is 46.9 Å². The summed E-state index contributed by atoms with van der Waals surface area (Å²) in [7, 11) is 4.24. The molecule has 2 aliphatic heterocycles. The third kappa shape index (κ3) is 2.74. The van der Waals surface area contributed by atoms with E-state index in [0.29, 0.717) is 5.92 Å². The fourth-order valence-corrected chi connectivity index (χ4v) is 2.76. The standard InChI is InChI=1S/C12H24N2O2/c1-13-5-6-14(2)11(8-13)12(15)10-4-3-7-16-9-10/h10-12,15H,3-9H2,1-2H3. The zero-order valence-electron chi connectivity index (χ0n) is 10.4. The Balaban J connectivity index is 1.93. The van der Waals surface area contributed by atoms with E-state index >= 15 is 0 Å². The van der Waals surface area contributed by atoms with Crippen LogP contribution in [0.1, 0.15) is 12.8 Å². The van der Waals surface area contributed by atoms with Crippen molar-refractivity contribution in [3.05, 3.63) is 0 Å². The van der Waals surface area contributed by atoms with Gasteiger partial charge in [0.15, 0.2) is 0 Å². The highest BCUT2D eigenvalue weighted by atomic mass is 16.5. The molecule has 0 radical (unpaired) electrons. The lowest BCUT2D eigenvalue weighted by molar-refractivity contribution is -0.0600. The van der Waals surface area contributed by atoms with E-state index in [9.17, 15) is 5.11 Å². The van der Waals surface area contributed by atoms with Gasteiger partial charge in [-0.3, -0.25) is 4.90 Å². The molecule has 2 fully saturated rings. The molecule has 2 saturated heterocycles. The Labute approximate surface area is 98.2 Å². The lowest BCUT2D eigenvalue weighted by Crippen LogP contribution is -2.57. The van der Waals surface area contributed by atoms with E-state index in [-0.39, 0.29) is 12.1 Å². The largest absolute Gasteiger partial charge is 0.391 e. The summed E-state index contributed by atoms with van der Waals surface area (Å²) >= 11 is 0. The third-order valence-corrected chi connectivity index (χ3v) is 3.97. The number of likely N-dealkylation sites (N-methyl/N-ethyl adjacent to an activating group) is 2. The second-order valence-corrected chi connectivity index (χ2v) is 5.28. The Bertz CT molecular complexity index is 219.